The molecule has 1 saturated heterocycles. The van der Waals surface area contributed by atoms with Crippen LogP contribution in [0.1, 0.15) is 17.8 Å². The molecule has 7 nitrogen and oxygen atoms in total. The molecule has 1 aliphatic rings. The Morgan fingerprint density at radius 1 is 1.19 bits per heavy atom. The molecule has 0 aliphatic carbocycles. The number of rotatable bonds is 4. The van der Waals surface area contributed by atoms with Crippen LogP contribution in [0.15, 0.2) is 4.90 Å². The topological polar surface area (TPSA) is 78.7 Å². The average molecular weight is 316 g/mol. The number of sulfonamides is 1. The molecule has 0 bridgehead atoms. The van der Waals surface area contributed by atoms with E-state index in [9.17, 15) is 8.42 Å². The first-order valence-corrected chi connectivity index (χ1v) is 8.65. The largest absolute Gasteiger partial charge is 0.395 e. The molecule has 8 heteroatoms. The predicted octanol–water partition coefficient (Wildman–Crippen LogP) is -0.274. The quantitative estimate of drug-likeness (QED) is 0.827. The van der Waals surface area contributed by atoms with Gasteiger partial charge in [-0.1, -0.05) is 0 Å². The van der Waals surface area contributed by atoms with Gasteiger partial charge in [-0.15, -0.1) is 0 Å². The van der Waals surface area contributed by atoms with Crippen molar-refractivity contribution in [3.8, 4) is 0 Å². The van der Waals surface area contributed by atoms with Gasteiger partial charge in [-0.25, -0.2) is 8.42 Å². The number of aliphatic hydroxyl groups excluding tert-OH is 1. The third-order valence-electron chi connectivity index (χ3n) is 4.00. The molecule has 0 unspecified atom stereocenters. The van der Waals surface area contributed by atoms with E-state index in [4.69, 9.17) is 5.11 Å². The van der Waals surface area contributed by atoms with Crippen molar-refractivity contribution in [2.24, 2.45) is 7.05 Å². The van der Waals surface area contributed by atoms with Crippen LogP contribution in [0, 0.1) is 13.8 Å². The van der Waals surface area contributed by atoms with Crippen LogP contribution in [0.25, 0.3) is 0 Å². The lowest BCUT2D eigenvalue weighted by atomic mass is 10.4. The summed E-state index contributed by atoms with van der Waals surface area (Å²) < 4.78 is 28.9. The fourth-order valence-corrected chi connectivity index (χ4v) is 4.68. The summed E-state index contributed by atoms with van der Waals surface area (Å²) in [6, 6.07) is 0. The lowest BCUT2D eigenvalue weighted by Crippen LogP contribution is -2.36. The van der Waals surface area contributed by atoms with Gasteiger partial charge in [0, 0.05) is 33.2 Å². The van der Waals surface area contributed by atoms with E-state index in [-0.39, 0.29) is 6.61 Å². The van der Waals surface area contributed by atoms with Gasteiger partial charge in [-0.05, 0) is 26.8 Å². The van der Waals surface area contributed by atoms with Gasteiger partial charge < -0.3 is 5.11 Å². The molecule has 2 heterocycles. The van der Waals surface area contributed by atoms with Crippen molar-refractivity contribution in [2.45, 2.75) is 25.2 Å². The summed E-state index contributed by atoms with van der Waals surface area (Å²) in [7, 11) is -1.75. The van der Waals surface area contributed by atoms with E-state index in [1.165, 1.54) is 0 Å². The van der Waals surface area contributed by atoms with Gasteiger partial charge >= 0.3 is 0 Å². The summed E-state index contributed by atoms with van der Waals surface area (Å²) in [4.78, 5) is 2.43. The van der Waals surface area contributed by atoms with Gasteiger partial charge in [0.2, 0.25) is 10.0 Å². The Morgan fingerprint density at radius 2 is 1.90 bits per heavy atom. The molecule has 2 rings (SSSR count). The number of aromatic nitrogens is 2. The maximum atomic E-state index is 12.9. The van der Waals surface area contributed by atoms with Gasteiger partial charge in [0.1, 0.15) is 4.90 Å². The van der Waals surface area contributed by atoms with Gasteiger partial charge in [-0.3, -0.25) is 9.58 Å². The minimum atomic E-state index is -3.50. The van der Waals surface area contributed by atoms with Crippen LogP contribution in [0.4, 0.5) is 0 Å². The highest BCUT2D eigenvalue weighted by atomic mass is 32.2. The van der Waals surface area contributed by atoms with E-state index in [1.807, 2.05) is 0 Å². The average Bonchev–Trinajstić information content (AvgIpc) is 2.58. The monoisotopic (exact) mass is 316 g/mol. The number of hydrogen-bond donors (Lipinski definition) is 1. The van der Waals surface area contributed by atoms with Crippen molar-refractivity contribution in [3.05, 3.63) is 11.4 Å². The Labute approximate surface area is 126 Å². The molecular formula is C13H24N4O3S. The highest BCUT2D eigenvalue weighted by molar-refractivity contribution is 7.89. The van der Waals surface area contributed by atoms with Crippen LogP contribution in [0.5, 0.6) is 0 Å². The first kappa shape index (κ1) is 16.4. The molecule has 0 amide bonds. The van der Waals surface area contributed by atoms with E-state index in [1.54, 1.807) is 29.9 Å². The summed E-state index contributed by atoms with van der Waals surface area (Å²) in [6.45, 7) is 6.65. The van der Waals surface area contributed by atoms with Crippen LogP contribution in [0.2, 0.25) is 0 Å². The van der Waals surface area contributed by atoms with Crippen molar-refractivity contribution >= 4 is 10.0 Å². The van der Waals surface area contributed by atoms with Gasteiger partial charge in [0.25, 0.3) is 0 Å². The zero-order valence-electron chi connectivity index (χ0n) is 12.9. The molecule has 1 fully saturated rings. The highest BCUT2D eigenvalue weighted by Gasteiger charge is 2.31. The first-order valence-electron chi connectivity index (χ1n) is 7.21. The molecule has 0 saturated carbocycles. The van der Waals surface area contributed by atoms with Crippen LogP contribution >= 0.6 is 0 Å². The number of nitrogens with zero attached hydrogens (tertiary/aromatic N) is 4. The Balaban J connectivity index is 2.24. The van der Waals surface area contributed by atoms with E-state index in [0.717, 1.165) is 13.0 Å². The molecule has 21 heavy (non-hydrogen) atoms. The van der Waals surface area contributed by atoms with Gasteiger partial charge in [0.15, 0.2) is 0 Å². The van der Waals surface area contributed by atoms with Crippen molar-refractivity contribution in [1.82, 2.24) is 19.0 Å². The Kier molecular flexibility index (Phi) is 5.03. The van der Waals surface area contributed by atoms with E-state index in [0.29, 0.717) is 42.5 Å². The molecule has 0 radical (unpaired) electrons. The third-order valence-corrected chi connectivity index (χ3v) is 6.16. The predicted molar refractivity (Wildman–Crippen MR) is 79.6 cm³/mol. The molecule has 1 aliphatic heterocycles. The molecule has 0 spiro atoms. The van der Waals surface area contributed by atoms with Crippen LogP contribution in [0.3, 0.4) is 0 Å². The summed E-state index contributed by atoms with van der Waals surface area (Å²) in [5, 5.41) is 13.2. The highest BCUT2D eigenvalue weighted by Crippen LogP contribution is 2.23. The molecule has 120 valence electrons. The summed E-state index contributed by atoms with van der Waals surface area (Å²) in [5.41, 5.74) is 1.22. The molecule has 0 aromatic carbocycles. The minimum Gasteiger partial charge on any atom is -0.395 e. The van der Waals surface area contributed by atoms with Crippen molar-refractivity contribution < 1.29 is 13.5 Å². The number of β-amino-alcohol motifs (C(OH)–C–C–N with tert-alkyl or cyclic N) is 1. The maximum absolute atomic E-state index is 12.9. The van der Waals surface area contributed by atoms with Crippen molar-refractivity contribution in [1.29, 1.82) is 0 Å². The molecule has 1 aromatic rings. The summed E-state index contributed by atoms with van der Waals surface area (Å²) >= 11 is 0. The number of hydrogen-bond acceptors (Lipinski definition) is 5. The Hall–Kier alpha value is -0.960. The van der Waals surface area contributed by atoms with E-state index in [2.05, 4.69) is 10.00 Å². The Morgan fingerprint density at radius 3 is 2.48 bits per heavy atom. The zero-order valence-corrected chi connectivity index (χ0v) is 13.7. The third kappa shape index (κ3) is 3.28. The zero-order chi connectivity index (χ0) is 15.6. The lowest BCUT2D eigenvalue weighted by Gasteiger charge is -2.21. The Bertz CT molecular complexity index is 597. The van der Waals surface area contributed by atoms with Crippen LogP contribution in [-0.4, -0.2) is 71.8 Å². The van der Waals surface area contributed by atoms with Gasteiger partial charge in [0.05, 0.1) is 18.0 Å². The van der Waals surface area contributed by atoms with Gasteiger partial charge in [-0.2, -0.15) is 9.40 Å². The lowest BCUT2D eigenvalue weighted by molar-refractivity contribution is 0.202. The van der Waals surface area contributed by atoms with E-state index < -0.39 is 10.0 Å². The molecular weight excluding hydrogens is 292 g/mol. The first-order chi connectivity index (χ1) is 9.87. The maximum Gasteiger partial charge on any atom is 0.246 e. The number of aliphatic hydroxyl groups is 1. The molecule has 1 N–H and O–H groups in total. The van der Waals surface area contributed by atoms with Crippen molar-refractivity contribution in [3.63, 3.8) is 0 Å². The fourth-order valence-electron chi connectivity index (χ4n) is 2.81. The molecule has 0 atom stereocenters. The van der Waals surface area contributed by atoms with Crippen molar-refractivity contribution in [2.75, 3.05) is 39.3 Å². The summed E-state index contributed by atoms with van der Waals surface area (Å²) in [5.74, 6) is 0. The fraction of sp³-hybridized carbons (Fsp3) is 0.769. The second-order valence-corrected chi connectivity index (χ2v) is 7.32. The SMILES string of the molecule is Cc1nn(C)c(C)c1S(=O)(=O)N1CCCN(CCO)CC1. The summed E-state index contributed by atoms with van der Waals surface area (Å²) in [6.07, 6.45) is 0.775. The second-order valence-electron chi connectivity index (χ2n) is 5.45. The second kappa shape index (κ2) is 6.43. The van der Waals surface area contributed by atoms with Crippen LogP contribution in [-0.2, 0) is 17.1 Å². The minimum absolute atomic E-state index is 0.105. The van der Waals surface area contributed by atoms with Crippen LogP contribution < -0.4 is 0 Å². The molecule has 1 aromatic heterocycles. The smallest absolute Gasteiger partial charge is 0.246 e. The van der Waals surface area contributed by atoms with E-state index >= 15 is 0 Å². The standard InChI is InChI=1S/C13H24N4O3S/c1-11-13(12(2)15(3)14-11)21(19,20)17-6-4-5-16(7-8-17)9-10-18/h18H,4-10H2,1-3H3. The normalized spacial score (nSPS) is 18.9. The number of aryl methyl sites for hydroxylation is 2.